The van der Waals surface area contributed by atoms with Gasteiger partial charge in [-0.1, -0.05) is 41.7 Å². The van der Waals surface area contributed by atoms with Gasteiger partial charge in [-0.25, -0.2) is 8.42 Å². The number of hydrogen-bond acceptors (Lipinski definition) is 3. The van der Waals surface area contributed by atoms with Gasteiger partial charge in [0.1, 0.15) is 4.90 Å². The van der Waals surface area contributed by atoms with Crippen molar-refractivity contribution < 1.29 is 18.3 Å². The Morgan fingerprint density at radius 2 is 1.76 bits per heavy atom. The lowest BCUT2D eigenvalue weighted by molar-refractivity contribution is -0.142. The van der Waals surface area contributed by atoms with Gasteiger partial charge in [-0.15, -0.1) is 0 Å². The van der Waals surface area contributed by atoms with Gasteiger partial charge in [0.05, 0.1) is 16.0 Å². The zero-order chi connectivity index (χ0) is 15.9. The highest BCUT2D eigenvalue weighted by molar-refractivity contribution is 7.89. The number of carbonyl (C=O) groups is 1. The molecule has 2 rings (SSSR count). The summed E-state index contributed by atoms with van der Waals surface area (Å²) >= 11 is 17.6. The number of carboxylic acid groups (broad SMARTS) is 1. The van der Waals surface area contributed by atoms with Crippen LogP contribution in [0.1, 0.15) is 6.92 Å². The molecule has 1 aliphatic heterocycles. The lowest BCUT2D eigenvalue weighted by Crippen LogP contribution is -2.30. The Kier molecular flexibility index (Phi) is 4.75. The van der Waals surface area contributed by atoms with E-state index in [4.69, 9.17) is 39.9 Å². The van der Waals surface area contributed by atoms with Gasteiger partial charge >= 0.3 is 5.97 Å². The Hall–Kier alpha value is -0.530. The second kappa shape index (κ2) is 5.93. The largest absolute Gasteiger partial charge is 0.481 e. The van der Waals surface area contributed by atoms with Crippen LogP contribution >= 0.6 is 34.8 Å². The van der Waals surface area contributed by atoms with Crippen LogP contribution in [0.25, 0.3) is 0 Å². The van der Waals surface area contributed by atoms with Gasteiger partial charge in [0, 0.05) is 18.1 Å². The van der Waals surface area contributed by atoms with Gasteiger partial charge in [-0.3, -0.25) is 4.79 Å². The number of sulfonamides is 1. The molecule has 116 valence electrons. The maximum absolute atomic E-state index is 12.6. The van der Waals surface area contributed by atoms with E-state index in [-0.39, 0.29) is 39.0 Å². The molecule has 1 N–H and O–H groups in total. The summed E-state index contributed by atoms with van der Waals surface area (Å²) in [5.74, 6) is -2.06. The second-order valence-corrected chi connectivity index (χ2v) is 8.07. The molecule has 0 aromatic heterocycles. The van der Waals surface area contributed by atoms with Crippen LogP contribution < -0.4 is 0 Å². The molecule has 1 saturated heterocycles. The minimum Gasteiger partial charge on any atom is -0.481 e. The van der Waals surface area contributed by atoms with Crippen LogP contribution in [0.3, 0.4) is 0 Å². The molecule has 1 aliphatic rings. The third kappa shape index (κ3) is 3.14. The Bertz CT molecular complexity index is 669. The number of rotatable bonds is 3. The van der Waals surface area contributed by atoms with Gasteiger partial charge in [-0.2, -0.15) is 4.31 Å². The molecule has 1 aromatic rings. The highest BCUT2D eigenvalue weighted by atomic mass is 35.5. The van der Waals surface area contributed by atoms with Crippen molar-refractivity contribution >= 4 is 50.8 Å². The van der Waals surface area contributed by atoms with Crippen LogP contribution in [0.4, 0.5) is 0 Å². The molecule has 0 saturated carbocycles. The molecule has 0 bridgehead atoms. The van der Waals surface area contributed by atoms with Gasteiger partial charge < -0.3 is 5.11 Å². The molecule has 0 spiro atoms. The molecule has 2 unspecified atom stereocenters. The third-order valence-corrected chi connectivity index (χ3v) is 6.43. The number of halogens is 3. The molecular weight excluding hydrogens is 361 g/mol. The van der Waals surface area contributed by atoms with E-state index in [0.717, 1.165) is 4.31 Å². The van der Waals surface area contributed by atoms with Crippen molar-refractivity contribution in [3.8, 4) is 0 Å². The lowest BCUT2D eigenvalue weighted by atomic mass is 9.99. The molecule has 1 heterocycles. The first-order valence-electron chi connectivity index (χ1n) is 6.02. The zero-order valence-corrected chi connectivity index (χ0v) is 14.0. The van der Waals surface area contributed by atoms with Crippen molar-refractivity contribution in [2.75, 3.05) is 13.1 Å². The first-order chi connectivity index (χ1) is 9.64. The highest BCUT2D eigenvalue weighted by Crippen LogP contribution is 2.37. The Labute approximate surface area is 137 Å². The van der Waals surface area contributed by atoms with Crippen LogP contribution in [-0.4, -0.2) is 36.9 Å². The molecule has 2 atom stereocenters. The van der Waals surface area contributed by atoms with Crippen molar-refractivity contribution in [1.82, 2.24) is 4.31 Å². The van der Waals surface area contributed by atoms with Gasteiger partial charge in [-0.05, 0) is 18.1 Å². The molecule has 21 heavy (non-hydrogen) atoms. The molecule has 9 heteroatoms. The predicted octanol–water partition coefficient (Wildman–Crippen LogP) is 2.99. The second-order valence-electron chi connectivity index (χ2n) is 4.94. The van der Waals surface area contributed by atoms with Crippen LogP contribution in [0.5, 0.6) is 0 Å². The fourth-order valence-electron chi connectivity index (χ4n) is 2.34. The summed E-state index contributed by atoms with van der Waals surface area (Å²) in [6.07, 6.45) is 0. The van der Waals surface area contributed by atoms with E-state index in [1.807, 2.05) is 0 Å². The van der Waals surface area contributed by atoms with Crippen LogP contribution in [0, 0.1) is 11.8 Å². The van der Waals surface area contributed by atoms with Crippen molar-refractivity contribution in [3.05, 3.63) is 27.2 Å². The van der Waals surface area contributed by atoms with E-state index >= 15 is 0 Å². The SMILES string of the molecule is CC1CN(S(=O)(=O)c2c(Cl)cc(Cl)cc2Cl)CC1C(=O)O. The van der Waals surface area contributed by atoms with Crippen molar-refractivity contribution in [3.63, 3.8) is 0 Å². The van der Waals surface area contributed by atoms with E-state index in [1.165, 1.54) is 12.1 Å². The van der Waals surface area contributed by atoms with Crippen LogP contribution in [0.2, 0.25) is 15.1 Å². The molecule has 0 aliphatic carbocycles. The molecular formula is C12H12Cl3NO4S. The summed E-state index contributed by atoms with van der Waals surface area (Å²) in [6, 6.07) is 2.58. The van der Waals surface area contributed by atoms with E-state index in [2.05, 4.69) is 0 Å². The number of carboxylic acids is 1. The molecule has 5 nitrogen and oxygen atoms in total. The Balaban J connectivity index is 2.43. The Morgan fingerprint density at radius 1 is 1.24 bits per heavy atom. The summed E-state index contributed by atoms with van der Waals surface area (Å²) in [4.78, 5) is 10.9. The van der Waals surface area contributed by atoms with E-state index in [1.54, 1.807) is 6.92 Å². The zero-order valence-electron chi connectivity index (χ0n) is 10.9. The molecule has 1 fully saturated rings. The smallest absolute Gasteiger partial charge is 0.308 e. The summed E-state index contributed by atoms with van der Waals surface area (Å²) in [6.45, 7) is 1.70. The summed E-state index contributed by atoms with van der Waals surface area (Å²) in [5.41, 5.74) is 0. The van der Waals surface area contributed by atoms with Crippen LogP contribution in [0.15, 0.2) is 17.0 Å². The van der Waals surface area contributed by atoms with Crippen molar-refractivity contribution in [2.24, 2.45) is 11.8 Å². The predicted molar refractivity (Wildman–Crippen MR) is 80.5 cm³/mol. The minimum atomic E-state index is -3.97. The average Bonchev–Trinajstić information content (AvgIpc) is 2.70. The molecule has 0 radical (unpaired) electrons. The fraction of sp³-hybridized carbons (Fsp3) is 0.417. The fourth-order valence-corrected chi connectivity index (χ4v) is 5.40. The summed E-state index contributed by atoms with van der Waals surface area (Å²) in [7, 11) is -3.97. The van der Waals surface area contributed by atoms with Crippen LogP contribution in [-0.2, 0) is 14.8 Å². The Morgan fingerprint density at radius 3 is 2.19 bits per heavy atom. The lowest BCUT2D eigenvalue weighted by Gasteiger charge is -2.18. The topological polar surface area (TPSA) is 74.7 Å². The monoisotopic (exact) mass is 371 g/mol. The van der Waals surface area contributed by atoms with E-state index in [0.29, 0.717) is 0 Å². The maximum atomic E-state index is 12.6. The van der Waals surface area contributed by atoms with E-state index < -0.39 is 21.9 Å². The number of nitrogens with zero attached hydrogens (tertiary/aromatic N) is 1. The van der Waals surface area contributed by atoms with Gasteiger partial charge in [0.25, 0.3) is 0 Å². The number of benzene rings is 1. The number of aliphatic carboxylic acids is 1. The highest BCUT2D eigenvalue weighted by Gasteiger charge is 2.42. The molecule has 1 aromatic carbocycles. The first-order valence-corrected chi connectivity index (χ1v) is 8.59. The first kappa shape index (κ1) is 16.8. The minimum absolute atomic E-state index is 0.0843. The normalized spacial score (nSPS) is 23.4. The molecule has 0 amide bonds. The number of hydrogen-bond donors (Lipinski definition) is 1. The van der Waals surface area contributed by atoms with Gasteiger partial charge in [0.15, 0.2) is 0 Å². The third-order valence-electron chi connectivity index (χ3n) is 3.46. The van der Waals surface area contributed by atoms with E-state index in [9.17, 15) is 13.2 Å². The van der Waals surface area contributed by atoms with Gasteiger partial charge in [0.2, 0.25) is 10.0 Å². The average molecular weight is 373 g/mol. The van der Waals surface area contributed by atoms with Crippen molar-refractivity contribution in [1.29, 1.82) is 0 Å². The quantitative estimate of drug-likeness (QED) is 0.885. The summed E-state index contributed by atoms with van der Waals surface area (Å²) in [5, 5.41) is 9.15. The van der Waals surface area contributed by atoms with Crippen molar-refractivity contribution in [2.45, 2.75) is 11.8 Å². The summed E-state index contributed by atoms with van der Waals surface area (Å²) < 4.78 is 26.3. The standard InChI is InChI=1S/C12H12Cl3NO4S/c1-6-4-16(5-8(6)12(17)18)21(19,20)11-9(14)2-7(13)3-10(11)15/h2-3,6,8H,4-5H2,1H3,(H,17,18). The maximum Gasteiger partial charge on any atom is 0.308 e.